The number of nitrogens with zero attached hydrogens (tertiary/aromatic N) is 2. The van der Waals surface area contributed by atoms with Gasteiger partial charge in [0.15, 0.2) is 5.58 Å². The second-order valence-electron chi connectivity index (χ2n) is 7.33. The van der Waals surface area contributed by atoms with E-state index in [1.807, 2.05) is 66.7 Å². The van der Waals surface area contributed by atoms with Gasteiger partial charge in [0.2, 0.25) is 5.91 Å². The zero-order valence-electron chi connectivity index (χ0n) is 16.6. The molecule has 0 radical (unpaired) electrons. The second-order valence-corrected chi connectivity index (χ2v) is 7.33. The van der Waals surface area contributed by atoms with Crippen LogP contribution in [-0.2, 0) is 11.3 Å². The van der Waals surface area contributed by atoms with Crippen LogP contribution in [0.1, 0.15) is 23.6 Å². The summed E-state index contributed by atoms with van der Waals surface area (Å²) in [6.45, 7) is 0.239. The highest BCUT2D eigenvalue weighted by molar-refractivity contribution is 5.79. The maximum absolute atomic E-state index is 12.9. The summed E-state index contributed by atoms with van der Waals surface area (Å²) in [5.41, 5.74) is 4.90. The lowest BCUT2D eigenvalue weighted by Crippen LogP contribution is -2.30. The number of imidazole rings is 1. The zero-order chi connectivity index (χ0) is 21.2. The first-order valence-electron chi connectivity index (χ1n) is 10.0. The smallest absolute Gasteiger partial charge is 0.408 e. The maximum atomic E-state index is 12.9. The van der Waals surface area contributed by atoms with Crippen LogP contribution in [0.5, 0.6) is 0 Å². The minimum Gasteiger partial charge on any atom is -0.408 e. The fourth-order valence-electron chi connectivity index (χ4n) is 3.81. The fourth-order valence-corrected chi connectivity index (χ4v) is 3.81. The number of carbonyl (C=O) groups is 1. The highest BCUT2D eigenvalue weighted by Crippen LogP contribution is 2.25. The van der Waals surface area contributed by atoms with Gasteiger partial charge >= 0.3 is 5.76 Å². The van der Waals surface area contributed by atoms with E-state index in [-0.39, 0.29) is 24.9 Å². The number of carbonyl (C=O) groups excluding carboxylic acids is 1. The Morgan fingerprint density at radius 1 is 1.03 bits per heavy atom. The topological polar surface area (TPSA) is 92.9 Å². The molecular formula is C24H20N4O3. The molecule has 1 amide bonds. The number of oxazole rings is 1. The molecule has 154 valence electrons. The van der Waals surface area contributed by atoms with E-state index in [1.54, 1.807) is 12.4 Å². The number of aryl methyl sites for hydroxylation is 1. The summed E-state index contributed by atoms with van der Waals surface area (Å²) in [5, 5.41) is 3.12. The van der Waals surface area contributed by atoms with Gasteiger partial charge in [-0.1, -0.05) is 48.5 Å². The van der Waals surface area contributed by atoms with Crippen molar-refractivity contribution in [1.82, 2.24) is 19.9 Å². The van der Waals surface area contributed by atoms with Gasteiger partial charge in [-0.25, -0.2) is 9.78 Å². The summed E-state index contributed by atoms with van der Waals surface area (Å²) >= 11 is 0. The van der Waals surface area contributed by atoms with Gasteiger partial charge in [-0.3, -0.25) is 9.36 Å². The molecule has 7 nitrogen and oxygen atoms in total. The van der Waals surface area contributed by atoms with Gasteiger partial charge < -0.3 is 14.7 Å². The van der Waals surface area contributed by atoms with Crippen molar-refractivity contribution >= 4 is 28.0 Å². The summed E-state index contributed by atoms with van der Waals surface area (Å²) in [4.78, 5) is 32.4. The van der Waals surface area contributed by atoms with Gasteiger partial charge in [-0.15, -0.1) is 0 Å². The molecule has 2 aromatic heterocycles. The maximum Gasteiger partial charge on any atom is 0.419 e. The number of H-pyrrole nitrogens is 1. The number of aromatic nitrogens is 3. The molecule has 0 fully saturated rings. The van der Waals surface area contributed by atoms with Crippen LogP contribution in [0.2, 0.25) is 0 Å². The number of amides is 1. The van der Waals surface area contributed by atoms with Crippen LogP contribution in [0.25, 0.3) is 22.1 Å². The summed E-state index contributed by atoms with van der Waals surface area (Å²) in [6.07, 6.45) is 1.80. The first-order valence-corrected chi connectivity index (χ1v) is 10.0. The lowest BCUT2D eigenvalue weighted by atomic mass is 9.98. The average molecular weight is 412 g/mol. The van der Waals surface area contributed by atoms with Crippen LogP contribution in [0, 0.1) is 0 Å². The van der Waals surface area contributed by atoms with Crippen molar-refractivity contribution < 1.29 is 9.21 Å². The molecule has 0 saturated heterocycles. The molecule has 0 saturated carbocycles. The van der Waals surface area contributed by atoms with E-state index in [0.29, 0.717) is 11.1 Å². The van der Waals surface area contributed by atoms with Crippen molar-refractivity contribution in [3.8, 4) is 0 Å². The summed E-state index contributed by atoms with van der Waals surface area (Å²) in [6, 6.07) is 22.6. The van der Waals surface area contributed by atoms with Crippen molar-refractivity contribution in [3.63, 3.8) is 0 Å². The van der Waals surface area contributed by atoms with Crippen LogP contribution in [0.15, 0.2) is 88.3 Å². The Morgan fingerprint density at radius 2 is 1.84 bits per heavy atom. The van der Waals surface area contributed by atoms with E-state index in [2.05, 4.69) is 15.3 Å². The Balaban J connectivity index is 1.39. The molecule has 2 N–H and O–H groups in total. The summed E-state index contributed by atoms with van der Waals surface area (Å²) in [7, 11) is 0. The highest BCUT2D eigenvalue weighted by Gasteiger charge is 2.18. The third-order valence-electron chi connectivity index (χ3n) is 5.35. The molecule has 0 aliphatic heterocycles. The molecule has 0 unspecified atom stereocenters. The molecule has 2 heterocycles. The van der Waals surface area contributed by atoms with Crippen molar-refractivity contribution in [2.45, 2.75) is 19.0 Å². The minimum absolute atomic E-state index is 0.152. The molecule has 3 aromatic carbocycles. The quantitative estimate of drug-likeness (QED) is 0.444. The van der Waals surface area contributed by atoms with E-state index in [1.165, 1.54) is 4.57 Å². The first kappa shape index (κ1) is 18.9. The Kier molecular flexibility index (Phi) is 4.84. The van der Waals surface area contributed by atoms with Crippen molar-refractivity contribution in [2.24, 2.45) is 0 Å². The molecule has 0 spiro atoms. The van der Waals surface area contributed by atoms with Crippen LogP contribution in [0.4, 0.5) is 0 Å². The van der Waals surface area contributed by atoms with Crippen molar-refractivity contribution in [3.05, 3.63) is 101 Å². The number of hydrogen-bond acceptors (Lipinski definition) is 4. The monoisotopic (exact) mass is 412 g/mol. The number of benzene rings is 3. The molecule has 0 bridgehead atoms. The number of rotatable bonds is 6. The Labute approximate surface area is 177 Å². The van der Waals surface area contributed by atoms with Gasteiger partial charge in [-0.05, 0) is 35.4 Å². The second kappa shape index (κ2) is 7.95. The van der Waals surface area contributed by atoms with Crippen LogP contribution in [-0.4, -0.2) is 20.4 Å². The van der Waals surface area contributed by atoms with E-state index < -0.39 is 5.76 Å². The number of fused-ring (bicyclic) bond motifs is 2. The van der Waals surface area contributed by atoms with Gasteiger partial charge in [0.1, 0.15) is 0 Å². The number of nitrogens with one attached hydrogen (secondary N) is 2. The predicted octanol–water partition coefficient (Wildman–Crippen LogP) is 3.77. The third kappa shape index (κ3) is 3.73. The standard InChI is InChI=1S/C24H20N4O3/c29-22(12-13-28-20-8-4-5-9-21(20)31-24(28)30)27-23(16-6-2-1-3-7-16)17-10-11-18-19(14-17)26-15-25-18/h1-11,14-15,23H,12-13H2,(H,25,26)(H,27,29)/t23-/m1/s1. The van der Waals surface area contributed by atoms with Crippen molar-refractivity contribution in [2.75, 3.05) is 0 Å². The van der Waals surface area contributed by atoms with Crippen molar-refractivity contribution in [1.29, 1.82) is 0 Å². The largest absolute Gasteiger partial charge is 0.419 e. The normalized spacial score (nSPS) is 12.3. The van der Waals surface area contributed by atoms with Gasteiger partial charge in [0.05, 0.1) is 28.9 Å². The molecule has 5 rings (SSSR count). The lowest BCUT2D eigenvalue weighted by molar-refractivity contribution is -0.121. The van der Waals surface area contributed by atoms with Gasteiger partial charge in [-0.2, -0.15) is 0 Å². The Bertz CT molecular complexity index is 1420. The molecule has 0 aliphatic rings. The van der Waals surface area contributed by atoms with Crippen LogP contribution in [0.3, 0.4) is 0 Å². The molecular weight excluding hydrogens is 392 g/mol. The van der Waals surface area contributed by atoms with E-state index in [9.17, 15) is 9.59 Å². The van der Waals surface area contributed by atoms with Gasteiger partial charge in [0.25, 0.3) is 0 Å². The van der Waals surface area contributed by atoms with E-state index in [0.717, 1.165) is 22.2 Å². The molecule has 7 heteroatoms. The molecule has 1 atom stereocenters. The highest BCUT2D eigenvalue weighted by atomic mass is 16.4. The Hall–Kier alpha value is -4.13. The predicted molar refractivity (Wildman–Crippen MR) is 118 cm³/mol. The first-order chi connectivity index (χ1) is 15.2. The number of hydrogen-bond donors (Lipinski definition) is 2. The Morgan fingerprint density at radius 3 is 2.71 bits per heavy atom. The SMILES string of the molecule is O=C(CCn1c(=O)oc2ccccc21)N[C@H](c1ccccc1)c1ccc2nc[nH]c2c1. The third-order valence-corrected chi connectivity index (χ3v) is 5.35. The van der Waals surface area contributed by atoms with Crippen LogP contribution >= 0.6 is 0 Å². The van der Waals surface area contributed by atoms with Gasteiger partial charge in [0, 0.05) is 13.0 Å². The summed E-state index contributed by atoms with van der Waals surface area (Å²) in [5.74, 6) is -0.617. The number of para-hydroxylation sites is 2. The van der Waals surface area contributed by atoms with E-state index in [4.69, 9.17) is 4.42 Å². The molecule has 5 aromatic rings. The minimum atomic E-state index is -0.460. The van der Waals surface area contributed by atoms with Crippen LogP contribution < -0.4 is 11.1 Å². The zero-order valence-corrected chi connectivity index (χ0v) is 16.6. The summed E-state index contributed by atoms with van der Waals surface area (Å²) < 4.78 is 6.74. The fraction of sp³-hybridized carbons (Fsp3) is 0.125. The molecule has 31 heavy (non-hydrogen) atoms. The lowest BCUT2D eigenvalue weighted by Gasteiger charge is -2.20. The average Bonchev–Trinajstić information content (AvgIpc) is 3.39. The van der Waals surface area contributed by atoms with E-state index >= 15 is 0 Å². The molecule has 0 aliphatic carbocycles. The number of aromatic amines is 1.